The van der Waals surface area contributed by atoms with Gasteiger partial charge in [-0.15, -0.1) is 0 Å². The molecule has 0 saturated carbocycles. The minimum Gasteiger partial charge on any atom is -0.493 e. The fourth-order valence-corrected chi connectivity index (χ4v) is 3.85. The number of aromatic nitrogens is 1. The van der Waals surface area contributed by atoms with E-state index in [0.717, 1.165) is 4.70 Å². The highest BCUT2D eigenvalue weighted by Gasteiger charge is 2.14. The molecule has 0 aliphatic rings. The van der Waals surface area contributed by atoms with Gasteiger partial charge in [0.15, 0.2) is 16.6 Å². The van der Waals surface area contributed by atoms with Gasteiger partial charge in [-0.2, -0.15) is 0 Å². The van der Waals surface area contributed by atoms with Gasteiger partial charge in [0.25, 0.3) is 11.8 Å². The van der Waals surface area contributed by atoms with Gasteiger partial charge in [-0.25, -0.2) is 4.98 Å². The third-order valence-electron chi connectivity index (χ3n) is 4.56. The number of nitrogens with one attached hydrogen (secondary N) is 2. The molecule has 0 aliphatic carbocycles. The fraction of sp³-hybridized carbons (Fsp3) is 0.0870. The van der Waals surface area contributed by atoms with Crippen molar-refractivity contribution < 1.29 is 19.1 Å². The highest BCUT2D eigenvalue weighted by molar-refractivity contribution is 7.22. The van der Waals surface area contributed by atoms with Crippen molar-refractivity contribution in [1.29, 1.82) is 0 Å². The smallest absolute Gasteiger partial charge is 0.257 e. The average Bonchev–Trinajstić information content (AvgIpc) is 3.20. The lowest BCUT2D eigenvalue weighted by molar-refractivity contribution is 0.102. The number of anilines is 2. The molecule has 0 saturated heterocycles. The molecule has 0 radical (unpaired) electrons. The molecule has 8 heteroatoms. The largest absolute Gasteiger partial charge is 0.493 e. The molecule has 7 nitrogen and oxygen atoms in total. The maximum absolute atomic E-state index is 12.6. The topological polar surface area (TPSA) is 89.5 Å². The lowest BCUT2D eigenvalue weighted by atomic mass is 10.1. The molecule has 1 aromatic heterocycles. The second kappa shape index (κ2) is 8.85. The zero-order valence-corrected chi connectivity index (χ0v) is 17.7. The summed E-state index contributed by atoms with van der Waals surface area (Å²) in [5.41, 5.74) is 2.32. The van der Waals surface area contributed by atoms with Crippen LogP contribution in [0.15, 0.2) is 66.7 Å². The average molecular weight is 433 g/mol. The van der Waals surface area contributed by atoms with Crippen molar-refractivity contribution in [1.82, 2.24) is 4.98 Å². The van der Waals surface area contributed by atoms with Crippen LogP contribution >= 0.6 is 11.3 Å². The molecule has 0 atom stereocenters. The van der Waals surface area contributed by atoms with Crippen LogP contribution in [0.3, 0.4) is 0 Å². The van der Waals surface area contributed by atoms with Gasteiger partial charge in [-0.05, 0) is 36.4 Å². The van der Waals surface area contributed by atoms with Gasteiger partial charge in [-0.1, -0.05) is 29.5 Å². The van der Waals surface area contributed by atoms with Gasteiger partial charge in [0.05, 0.1) is 24.4 Å². The quantitative estimate of drug-likeness (QED) is 0.455. The first-order chi connectivity index (χ1) is 15.1. The Bertz CT molecular complexity index is 1200. The van der Waals surface area contributed by atoms with E-state index in [1.165, 1.54) is 11.3 Å². The van der Waals surface area contributed by atoms with Gasteiger partial charge >= 0.3 is 0 Å². The van der Waals surface area contributed by atoms with E-state index in [-0.39, 0.29) is 11.8 Å². The molecular weight excluding hydrogens is 414 g/mol. The molecule has 0 bridgehead atoms. The van der Waals surface area contributed by atoms with Crippen LogP contribution in [0.2, 0.25) is 0 Å². The first-order valence-electron chi connectivity index (χ1n) is 9.38. The number of thiazole rings is 1. The summed E-state index contributed by atoms with van der Waals surface area (Å²) >= 11 is 1.34. The molecule has 0 spiro atoms. The van der Waals surface area contributed by atoms with Crippen molar-refractivity contribution in [3.63, 3.8) is 0 Å². The molecule has 3 aromatic carbocycles. The number of ether oxygens (including phenoxy) is 2. The first-order valence-corrected chi connectivity index (χ1v) is 10.2. The molecule has 0 unspecified atom stereocenters. The standard InChI is InChI=1S/C23H19N3O4S/c1-29-18-12-17-20(13-19(18)30-2)31-23(25-17)26-22(28)15-8-10-16(11-9-15)24-21(27)14-6-4-3-5-7-14/h3-13H,1-2H3,(H,24,27)(H,25,26,28). The second-order valence-corrected chi connectivity index (χ2v) is 7.58. The van der Waals surface area contributed by atoms with Gasteiger partial charge in [0.1, 0.15) is 0 Å². The van der Waals surface area contributed by atoms with Crippen LogP contribution in [0.4, 0.5) is 10.8 Å². The van der Waals surface area contributed by atoms with Crippen molar-refractivity contribution in [3.8, 4) is 11.5 Å². The van der Waals surface area contributed by atoms with E-state index in [1.807, 2.05) is 12.1 Å². The number of rotatable bonds is 6. The third kappa shape index (κ3) is 4.49. The van der Waals surface area contributed by atoms with Gasteiger partial charge in [0, 0.05) is 28.9 Å². The van der Waals surface area contributed by atoms with Crippen LogP contribution in [0.1, 0.15) is 20.7 Å². The number of amides is 2. The maximum Gasteiger partial charge on any atom is 0.257 e. The Hall–Kier alpha value is -3.91. The van der Waals surface area contributed by atoms with Crippen LogP contribution in [0.5, 0.6) is 11.5 Å². The van der Waals surface area contributed by atoms with Crippen LogP contribution in [0.25, 0.3) is 10.2 Å². The van der Waals surface area contributed by atoms with Crippen molar-refractivity contribution in [2.24, 2.45) is 0 Å². The number of carbonyl (C=O) groups is 2. The summed E-state index contributed by atoms with van der Waals surface area (Å²) < 4.78 is 11.5. The molecular formula is C23H19N3O4S. The van der Waals surface area contributed by atoms with E-state index in [0.29, 0.717) is 39.0 Å². The molecule has 0 fully saturated rings. The monoisotopic (exact) mass is 433 g/mol. The van der Waals surface area contributed by atoms with E-state index in [2.05, 4.69) is 15.6 Å². The number of benzene rings is 3. The minimum absolute atomic E-state index is 0.210. The van der Waals surface area contributed by atoms with Crippen LogP contribution in [-0.2, 0) is 0 Å². The Morgan fingerprint density at radius 1 is 0.806 bits per heavy atom. The molecule has 1 heterocycles. The molecule has 4 rings (SSSR count). The van der Waals surface area contributed by atoms with Gasteiger partial charge in [0.2, 0.25) is 0 Å². The molecule has 2 N–H and O–H groups in total. The van der Waals surface area contributed by atoms with Crippen LogP contribution in [-0.4, -0.2) is 31.0 Å². The van der Waals surface area contributed by atoms with E-state index >= 15 is 0 Å². The molecule has 31 heavy (non-hydrogen) atoms. The van der Waals surface area contributed by atoms with Crippen LogP contribution < -0.4 is 20.1 Å². The van der Waals surface area contributed by atoms with E-state index in [1.54, 1.807) is 68.8 Å². The van der Waals surface area contributed by atoms with Crippen molar-refractivity contribution in [2.45, 2.75) is 0 Å². The fourth-order valence-electron chi connectivity index (χ4n) is 2.98. The van der Waals surface area contributed by atoms with E-state index < -0.39 is 0 Å². The Balaban J connectivity index is 1.45. The summed E-state index contributed by atoms with van der Waals surface area (Å²) in [6.45, 7) is 0. The number of nitrogens with zero attached hydrogens (tertiary/aromatic N) is 1. The highest BCUT2D eigenvalue weighted by Crippen LogP contribution is 2.36. The number of fused-ring (bicyclic) bond motifs is 1. The number of hydrogen-bond acceptors (Lipinski definition) is 6. The van der Waals surface area contributed by atoms with Crippen molar-refractivity contribution >= 4 is 44.2 Å². The third-order valence-corrected chi connectivity index (χ3v) is 5.49. The van der Waals surface area contributed by atoms with Crippen LogP contribution in [0, 0.1) is 0 Å². The second-order valence-electron chi connectivity index (χ2n) is 6.55. The Kier molecular flexibility index (Phi) is 5.81. The summed E-state index contributed by atoms with van der Waals surface area (Å²) in [6.07, 6.45) is 0. The Morgan fingerprint density at radius 2 is 1.42 bits per heavy atom. The lowest BCUT2D eigenvalue weighted by Crippen LogP contribution is -2.13. The maximum atomic E-state index is 12.6. The van der Waals surface area contributed by atoms with E-state index in [9.17, 15) is 9.59 Å². The number of methoxy groups -OCH3 is 2. The molecule has 4 aromatic rings. The summed E-state index contributed by atoms with van der Waals surface area (Å²) in [6, 6.07) is 19.2. The van der Waals surface area contributed by atoms with Crippen molar-refractivity contribution in [3.05, 3.63) is 77.9 Å². The minimum atomic E-state index is -0.293. The summed E-state index contributed by atoms with van der Waals surface area (Å²) in [5, 5.41) is 6.09. The van der Waals surface area contributed by atoms with Gasteiger partial charge < -0.3 is 14.8 Å². The summed E-state index contributed by atoms with van der Waals surface area (Å²) in [5.74, 6) is 0.674. The molecule has 2 amide bonds. The first kappa shape index (κ1) is 20.4. The molecule has 156 valence electrons. The molecule has 0 aliphatic heterocycles. The normalized spacial score (nSPS) is 10.5. The number of hydrogen-bond donors (Lipinski definition) is 2. The Labute approximate surface area is 182 Å². The predicted octanol–water partition coefficient (Wildman–Crippen LogP) is 4.82. The lowest BCUT2D eigenvalue weighted by Gasteiger charge is -2.06. The highest BCUT2D eigenvalue weighted by atomic mass is 32.1. The SMILES string of the molecule is COc1cc2nc(NC(=O)c3ccc(NC(=O)c4ccccc4)cc3)sc2cc1OC. The number of carbonyl (C=O) groups excluding carboxylic acids is 2. The summed E-state index contributed by atoms with van der Waals surface area (Å²) in [7, 11) is 3.13. The van der Waals surface area contributed by atoms with E-state index in [4.69, 9.17) is 9.47 Å². The summed E-state index contributed by atoms with van der Waals surface area (Å²) in [4.78, 5) is 29.3. The Morgan fingerprint density at radius 3 is 2.10 bits per heavy atom. The zero-order valence-electron chi connectivity index (χ0n) is 16.8. The van der Waals surface area contributed by atoms with Crippen molar-refractivity contribution in [2.75, 3.05) is 24.9 Å². The van der Waals surface area contributed by atoms with Gasteiger partial charge in [-0.3, -0.25) is 14.9 Å². The zero-order chi connectivity index (χ0) is 21.8. The predicted molar refractivity (Wildman–Crippen MR) is 122 cm³/mol.